The summed E-state index contributed by atoms with van der Waals surface area (Å²) >= 11 is 1.46. The van der Waals surface area contributed by atoms with E-state index in [1.807, 2.05) is 11.4 Å². The molecule has 2 rings (SSSR count). The van der Waals surface area contributed by atoms with E-state index in [1.165, 1.54) is 23.5 Å². The number of hydrogen-bond donors (Lipinski definition) is 3. The number of aliphatic hydroxyl groups excluding tert-OH is 1. The number of nitriles is 1. The molecule has 1 atom stereocenters. The topological polar surface area (TPSA) is 85.2 Å². The van der Waals surface area contributed by atoms with Crippen LogP contribution >= 0.6 is 11.3 Å². The molecule has 0 aliphatic rings. The summed E-state index contributed by atoms with van der Waals surface area (Å²) < 4.78 is 13.6. The molecule has 0 bridgehead atoms. The number of aliphatic hydroxyl groups is 1. The van der Waals surface area contributed by atoms with Gasteiger partial charge in [0.2, 0.25) is 0 Å². The van der Waals surface area contributed by atoms with Crippen LogP contribution in [0.5, 0.6) is 0 Å². The molecule has 2 amide bonds. The van der Waals surface area contributed by atoms with Crippen molar-refractivity contribution in [2.24, 2.45) is 0 Å². The molecule has 0 aliphatic carbocycles. The Morgan fingerprint density at radius 1 is 1.41 bits per heavy atom. The van der Waals surface area contributed by atoms with Crippen LogP contribution in [0.25, 0.3) is 0 Å². The molecule has 7 heteroatoms. The summed E-state index contributed by atoms with van der Waals surface area (Å²) in [6.07, 6.45) is -0.774. The molecule has 1 heterocycles. The first-order valence-corrected chi connectivity index (χ1v) is 7.45. The minimum atomic E-state index is -0.774. The molecule has 0 fully saturated rings. The standard InChI is InChI=1S/C15H14FN3O2S/c16-13-5-10(6-17)1-2-11(13)7-18-15(21)19-8-14(20)12-3-4-22-9-12/h1-5,9,14,20H,7-8H2,(H2,18,19,21). The van der Waals surface area contributed by atoms with E-state index in [-0.39, 0.29) is 24.2 Å². The van der Waals surface area contributed by atoms with Gasteiger partial charge in [-0.05, 0) is 34.5 Å². The van der Waals surface area contributed by atoms with Crippen molar-refractivity contribution in [2.45, 2.75) is 12.6 Å². The third-order valence-electron chi connectivity index (χ3n) is 3.01. The zero-order valence-electron chi connectivity index (χ0n) is 11.5. The molecule has 5 nitrogen and oxygen atoms in total. The van der Waals surface area contributed by atoms with Crippen LogP contribution in [0.3, 0.4) is 0 Å². The fourth-order valence-electron chi connectivity index (χ4n) is 1.77. The van der Waals surface area contributed by atoms with E-state index < -0.39 is 18.0 Å². The zero-order chi connectivity index (χ0) is 15.9. The molecule has 0 saturated carbocycles. The van der Waals surface area contributed by atoms with Crippen molar-refractivity contribution in [3.05, 3.63) is 57.5 Å². The minimum Gasteiger partial charge on any atom is -0.387 e. The number of nitrogens with zero attached hydrogens (tertiary/aromatic N) is 1. The Morgan fingerprint density at radius 3 is 2.86 bits per heavy atom. The lowest BCUT2D eigenvalue weighted by molar-refractivity contribution is 0.173. The number of rotatable bonds is 5. The van der Waals surface area contributed by atoms with Gasteiger partial charge < -0.3 is 15.7 Å². The highest BCUT2D eigenvalue weighted by Gasteiger charge is 2.10. The van der Waals surface area contributed by atoms with E-state index >= 15 is 0 Å². The molecule has 0 aliphatic heterocycles. The second-order valence-corrected chi connectivity index (χ2v) is 5.33. The molecule has 0 radical (unpaired) electrons. The fraction of sp³-hybridized carbons (Fsp3) is 0.200. The minimum absolute atomic E-state index is 0.00206. The largest absolute Gasteiger partial charge is 0.387 e. The highest BCUT2D eigenvalue weighted by molar-refractivity contribution is 7.07. The first-order valence-electron chi connectivity index (χ1n) is 6.50. The van der Waals surface area contributed by atoms with Gasteiger partial charge in [0.25, 0.3) is 0 Å². The molecular weight excluding hydrogens is 305 g/mol. The van der Waals surface area contributed by atoms with E-state index in [0.717, 1.165) is 11.6 Å². The predicted molar refractivity (Wildman–Crippen MR) is 80.6 cm³/mol. The summed E-state index contributed by atoms with van der Waals surface area (Å²) in [6.45, 7) is 0.0658. The molecule has 2 aromatic rings. The fourth-order valence-corrected chi connectivity index (χ4v) is 2.48. The number of nitrogens with one attached hydrogen (secondary N) is 2. The molecule has 1 aromatic carbocycles. The second-order valence-electron chi connectivity index (χ2n) is 4.55. The zero-order valence-corrected chi connectivity index (χ0v) is 12.4. The van der Waals surface area contributed by atoms with Crippen LogP contribution in [0, 0.1) is 17.1 Å². The molecule has 1 unspecified atom stereocenters. The number of halogens is 1. The first-order chi connectivity index (χ1) is 10.6. The van der Waals surface area contributed by atoms with Crippen LogP contribution < -0.4 is 10.6 Å². The summed E-state index contributed by atoms with van der Waals surface area (Å²) in [5.74, 6) is -0.544. The van der Waals surface area contributed by atoms with Gasteiger partial charge in [0.05, 0.1) is 17.7 Å². The number of hydrogen-bond acceptors (Lipinski definition) is 4. The van der Waals surface area contributed by atoms with Crippen LogP contribution in [-0.2, 0) is 6.54 Å². The predicted octanol–water partition coefficient (Wildman–Crippen LogP) is 2.29. The van der Waals surface area contributed by atoms with Gasteiger partial charge in [-0.25, -0.2) is 9.18 Å². The first kappa shape index (κ1) is 15.9. The number of carbonyl (C=O) groups excluding carboxylic acids is 1. The number of benzene rings is 1. The number of urea groups is 1. The highest BCUT2D eigenvalue weighted by Crippen LogP contribution is 2.15. The van der Waals surface area contributed by atoms with Crippen molar-refractivity contribution in [3.63, 3.8) is 0 Å². The summed E-state index contributed by atoms with van der Waals surface area (Å²) in [5.41, 5.74) is 1.25. The van der Waals surface area contributed by atoms with Gasteiger partial charge in [0, 0.05) is 18.7 Å². The molecule has 1 aromatic heterocycles. The summed E-state index contributed by atoms with van der Waals surface area (Å²) in [7, 11) is 0. The van der Waals surface area contributed by atoms with E-state index in [2.05, 4.69) is 10.6 Å². The highest BCUT2D eigenvalue weighted by atomic mass is 32.1. The summed E-state index contributed by atoms with van der Waals surface area (Å²) in [5, 5.41) is 27.1. The smallest absolute Gasteiger partial charge is 0.315 e. The van der Waals surface area contributed by atoms with E-state index in [9.17, 15) is 14.3 Å². The van der Waals surface area contributed by atoms with Gasteiger partial charge in [-0.3, -0.25) is 0 Å². The Hall–Kier alpha value is -2.43. The van der Waals surface area contributed by atoms with Gasteiger partial charge in [0.15, 0.2) is 0 Å². The van der Waals surface area contributed by atoms with Gasteiger partial charge in [-0.2, -0.15) is 16.6 Å². The quantitative estimate of drug-likeness (QED) is 0.790. The number of carbonyl (C=O) groups is 1. The molecule has 114 valence electrons. The lowest BCUT2D eigenvalue weighted by Crippen LogP contribution is -2.37. The van der Waals surface area contributed by atoms with Gasteiger partial charge >= 0.3 is 6.03 Å². The average Bonchev–Trinajstić information content (AvgIpc) is 3.05. The van der Waals surface area contributed by atoms with Crippen LogP contribution in [0.1, 0.15) is 22.8 Å². The van der Waals surface area contributed by atoms with Gasteiger partial charge in [0.1, 0.15) is 5.82 Å². The second kappa shape index (κ2) is 7.54. The lowest BCUT2D eigenvalue weighted by atomic mass is 10.1. The number of amides is 2. The Morgan fingerprint density at radius 2 is 2.23 bits per heavy atom. The van der Waals surface area contributed by atoms with E-state index in [0.29, 0.717) is 0 Å². The van der Waals surface area contributed by atoms with Crippen LogP contribution in [0.15, 0.2) is 35.0 Å². The van der Waals surface area contributed by atoms with Crippen molar-refractivity contribution < 1.29 is 14.3 Å². The summed E-state index contributed by atoms with van der Waals surface area (Å²) in [6, 6.07) is 7.17. The van der Waals surface area contributed by atoms with Crippen molar-refractivity contribution >= 4 is 17.4 Å². The Kier molecular flexibility index (Phi) is 5.47. The van der Waals surface area contributed by atoms with Gasteiger partial charge in [-0.15, -0.1) is 0 Å². The third kappa shape index (κ3) is 4.28. The van der Waals surface area contributed by atoms with E-state index in [1.54, 1.807) is 11.4 Å². The molecule has 22 heavy (non-hydrogen) atoms. The molecular formula is C15H14FN3O2S. The van der Waals surface area contributed by atoms with Crippen molar-refractivity contribution in [1.29, 1.82) is 5.26 Å². The SMILES string of the molecule is N#Cc1ccc(CNC(=O)NCC(O)c2ccsc2)c(F)c1. The third-order valence-corrected chi connectivity index (χ3v) is 3.71. The van der Waals surface area contributed by atoms with Crippen molar-refractivity contribution in [3.8, 4) is 6.07 Å². The van der Waals surface area contributed by atoms with Crippen LogP contribution in [-0.4, -0.2) is 17.7 Å². The van der Waals surface area contributed by atoms with Gasteiger partial charge in [-0.1, -0.05) is 6.07 Å². The Balaban J connectivity index is 1.79. The Bertz CT molecular complexity index is 683. The lowest BCUT2D eigenvalue weighted by Gasteiger charge is -2.12. The Labute approximate surface area is 131 Å². The maximum Gasteiger partial charge on any atom is 0.315 e. The average molecular weight is 319 g/mol. The normalized spacial score (nSPS) is 11.5. The maximum atomic E-state index is 13.6. The molecule has 0 spiro atoms. The number of thiophene rings is 1. The molecule has 3 N–H and O–H groups in total. The van der Waals surface area contributed by atoms with Crippen molar-refractivity contribution in [1.82, 2.24) is 10.6 Å². The van der Waals surface area contributed by atoms with Crippen LogP contribution in [0.4, 0.5) is 9.18 Å². The monoisotopic (exact) mass is 319 g/mol. The van der Waals surface area contributed by atoms with Crippen molar-refractivity contribution in [2.75, 3.05) is 6.54 Å². The molecule has 0 saturated heterocycles. The maximum absolute atomic E-state index is 13.6. The summed E-state index contributed by atoms with van der Waals surface area (Å²) in [4.78, 5) is 11.6. The van der Waals surface area contributed by atoms with Crippen LogP contribution in [0.2, 0.25) is 0 Å². The van der Waals surface area contributed by atoms with E-state index in [4.69, 9.17) is 5.26 Å².